The van der Waals surface area contributed by atoms with Crippen molar-refractivity contribution in [3.8, 4) is 5.75 Å². The molecule has 0 aromatic heterocycles. The van der Waals surface area contributed by atoms with Crippen molar-refractivity contribution in [2.45, 2.75) is 17.4 Å². The molecule has 0 atom stereocenters. The lowest BCUT2D eigenvalue weighted by atomic mass is 10.0. The largest absolute Gasteiger partial charge is 0.506 e. The van der Waals surface area contributed by atoms with E-state index in [-0.39, 0.29) is 28.5 Å². The van der Waals surface area contributed by atoms with Crippen molar-refractivity contribution in [2.75, 3.05) is 31.3 Å². The van der Waals surface area contributed by atoms with Gasteiger partial charge in [-0.2, -0.15) is 0 Å². The molecule has 1 aromatic rings. The van der Waals surface area contributed by atoms with Crippen LogP contribution < -0.4 is 10.6 Å². The minimum absolute atomic E-state index is 0.0201. The van der Waals surface area contributed by atoms with Crippen LogP contribution in [-0.4, -0.2) is 51.0 Å². The summed E-state index contributed by atoms with van der Waals surface area (Å²) < 4.78 is 28.4. The average molecular weight is 314 g/mol. The van der Waals surface area contributed by atoms with Crippen LogP contribution in [0.4, 0.5) is 5.69 Å². The molecule has 1 heterocycles. The maximum atomic E-state index is 11.8. The van der Waals surface area contributed by atoms with Crippen molar-refractivity contribution in [1.82, 2.24) is 5.32 Å². The lowest BCUT2D eigenvalue weighted by molar-refractivity contribution is -0.130. The number of amides is 1. The second-order valence-electron chi connectivity index (χ2n) is 5.34. The van der Waals surface area contributed by atoms with Crippen LogP contribution in [0.15, 0.2) is 23.1 Å². The summed E-state index contributed by atoms with van der Waals surface area (Å²) in [7, 11) is -3.41. The van der Waals surface area contributed by atoms with E-state index in [0.717, 1.165) is 6.26 Å². The van der Waals surface area contributed by atoms with Gasteiger partial charge in [-0.15, -0.1) is 0 Å². The molecular formula is C13H18N2O5S. The summed E-state index contributed by atoms with van der Waals surface area (Å²) in [6, 6.07) is 3.72. The highest BCUT2D eigenvalue weighted by molar-refractivity contribution is 7.90. The van der Waals surface area contributed by atoms with Crippen LogP contribution >= 0.6 is 0 Å². The van der Waals surface area contributed by atoms with E-state index in [1.165, 1.54) is 18.2 Å². The fraction of sp³-hybridized carbons (Fsp3) is 0.462. The van der Waals surface area contributed by atoms with E-state index in [2.05, 4.69) is 10.6 Å². The van der Waals surface area contributed by atoms with Crippen molar-refractivity contribution < 1.29 is 23.1 Å². The molecule has 2 rings (SSSR count). The molecular weight excluding hydrogens is 296 g/mol. The highest BCUT2D eigenvalue weighted by Gasteiger charge is 2.33. The van der Waals surface area contributed by atoms with Gasteiger partial charge in [-0.05, 0) is 25.1 Å². The molecule has 116 valence electrons. The number of phenols is 1. The number of hydrogen-bond donors (Lipinski definition) is 3. The van der Waals surface area contributed by atoms with Gasteiger partial charge in [0.1, 0.15) is 12.4 Å². The highest BCUT2D eigenvalue weighted by Crippen LogP contribution is 2.26. The Morgan fingerprint density at radius 2 is 2.14 bits per heavy atom. The molecule has 1 fully saturated rings. The van der Waals surface area contributed by atoms with Crippen LogP contribution in [0.5, 0.6) is 5.75 Å². The molecule has 21 heavy (non-hydrogen) atoms. The van der Waals surface area contributed by atoms with Crippen LogP contribution in [0.2, 0.25) is 0 Å². The normalized spacial score (nSPS) is 17.0. The minimum Gasteiger partial charge on any atom is -0.506 e. The topological polar surface area (TPSA) is 105 Å². The Kier molecular flexibility index (Phi) is 4.22. The second-order valence-corrected chi connectivity index (χ2v) is 7.36. The number of hydrogen-bond acceptors (Lipinski definition) is 6. The van der Waals surface area contributed by atoms with Gasteiger partial charge in [-0.3, -0.25) is 4.79 Å². The molecule has 1 aliphatic heterocycles. The SMILES string of the molecule is CC1(OCC(=O)Nc2cc(S(C)(=O)=O)ccc2O)CNC1. The van der Waals surface area contributed by atoms with Crippen LogP contribution in [0.25, 0.3) is 0 Å². The average Bonchev–Trinajstić information content (AvgIpc) is 2.35. The van der Waals surface area contributed by atoms with E-state index < -0.39 is 15.7 Å². The molecule has 1 amide bonds. The Labute approximate surface area is 123 Å². The third kappa shape index (κ3) is 3.93. The summed E-state index contributed by atoms with van der Waals surface area (Å²) in [5.41, 5.74) is -0.308. The van der Waals surface area contributed by atoms with Gasteiger partial charge < -0.3 is 20.5 Å². The maximum Gasteiger partial charge on any atom is 0.250 e. The molecule has 0 aliphatic carbocycles. The second kappa shape index (κ2) is 5.63. The van der Waals surface area contributed by atoms with Crippen molar-refractivity contribution in [1.29, 1.82) is 0 Å². The molecule has 7 nitrogen and oxygen atoms in total. The predicted octanol–water partition coefficient (Wildman–Crippen LogP) is 0.113. The van der Waals surface area contributed by atoms with Gasteiger partial charge in [0, 0.05) is 19.3 Å². The van der Waals surface area contributed by atoms with Crippen LogP contribution in [0.3, 0.4) is 0 Å². The monoisotopic (exact) mass is 314 g/mol. The fourth-order valence-electron chi connectivity index (χ4n) is 1.85. The Bertz CT molecular complexity index is 653. The molecule has 1 saturated heterocycles. The standard InChI is InChI=1S/C13H18N2O5S/c1-13(7-14-8-13)20-6-12(17)15-10-5-9(21(2,18)19)3-4-11(10)16/h3-5,14,16H,6-8H2,1-2H3,(H,15,17). The van der Waals surface area contributed by atoms with Gasteiger partial charge in [0.15, 0.2) is 9.84 Å². The number of rotatable bonds is 5. The van der Waals surface area contributed by atoms with Gasteiger partial charge in [0.25, 0.3) is 5.91 Å². The maximum absolute atomic E-state index is 11.8. The lowest BCUT2D eigenvalue weighted by Crippen LogP contribution is -2.59. The van der Waals surface area contributed by atoms with E-state index in [1.807, 2.05) is 6.92 Å². The zero-order chi connectivity index (χ0) is 15.7. The number of nitrogens with one attached hydrogen (secondary N) is 2. The number of anilines is 1. The molecule has 0 bridgehead atoms. The van der Waals surface area contributed by atoms with E-state index in [0.29, 0.717) is 13.1 Å². The highest BCUT2D eigenvalue weighted by atomic mass is 32.2. The first-order chi connectivity index (χ1) is 9.70. The fourth-order valence-corrected chi connectivity index (χ4v) is 2.50. The quantitative estimate of drug-likeness (QED) is 0.667. The first-order valence-electron chi connectivity index (χ1n) is 6.37. The summed E-state index contributed by atoms with van der Waals surface area (Å²) in [5, 5.41) is 15.2. The number of sulfone groups is 1. The van der Waals surface area contributed by atoms with Crippen molar-refractivity contribution in [3.63, 3.8) is 0 Å². The van der Waals surface area contributed by atoms with Crippen LogP contribution in [-0.2, 0) is 19.4 Å². The third-order valence-electron chi connectivity index (χ3n) is 3.22. The smallest absolute Gasteiger partial charge is 0.250 e. The molecule has 1 aliphatic rings. The van der Waals surface area contributed by atoms with E-state index in [9.17, 15) is 18.3 Å². The van der Waals surface area contributed by atoms with Crippen molar-refractivity contribution in [3.05, 3.63) is 18.2 Å². The molecule has 3 N–H and O–H groups in total. The predicted molar refractivity (Wildman–Crippen MR) is 77.1 cm³/mol. The summed E-state index contributed by atoms with van der Waals surface area (Å²) in [6.07, 6.45) is 1.05. The first kappa shape index (κ1) is 15.7. The van der Waals surface area contributed by atoms with E-state index in [1.54, 1.807) is 0 Å². The van der Waals surface area contributed by atoms with Gasteiger partial charge >= 0.3 is 0 Å². The van der Waals surface area contributed by atoms with Gasteiger partial charge in [-0.25, -0.2) is 8.42 Å². The Morgan fingerprint density at radius 3 is 2.67 bits per heavy atom. The van der Waals surface area contributed by atoms with Gasteiger partial charge in [0.2, 0.25) is 0 Å². The van der Waals surface area contributed by atoms with Crippen LogP contribution in [0, 0.1) is 0 Å². The van der Waals surface area contributed by atoms with Gasteiger partial charge in [-0.1, -0.05) is 0 Å². The summed E-state index contributed by atoms with van der Waals surface area (Å²) in [4.78, 5) is 11.8. The Balaban J connectivity index is 2.03. The first-order valence-corrected chi connectivity index (χ1v) is 8.26. The van der Waals surface area contributed by atoms with Crippen LogP contribution in [0.1, 0.15) is 6.92 Å². The third-order valence-corrected chi connectivity index (χ3v) is 4.33. The van der Waals surface area contributed by atoms with E-state index in [4.69, 9.17) is 4.74 Å². The summed E-state index contributed by atoms with van der Waals surface area (Å²) >= 11 is 0. The van der Waals surface area contributed by atoms with Crippen molar-refractivity contribution >= 4 is 21.4 Å². The number of carbonyl (C=O) groups excluding carboxylic acids is 1. The number of carbonyl (C=O) groups is 1. The molecule has 8 heteroatoms. The lowest BCUT2D eigenvalue weighted by Gasteiger charge is -2.38. The van der Waals surface area contributed by atoms with Crippen molar-refractivity contribution in [2.24, 2.45) is 0 Å². The number of phenolic OH excluding ortho intramolecular Hbond substituents is 1. The summed E-state index contributed by atoms with van der Waals surface area (Å²) in [5.74, 6) is -0.656. The molecule has 0 saturated carbocycles. The number of ether oxygens (including phenoxy) is 1. The Morgan fingerprint density at radius 1 is 1.48 bits per heavy atom. The van der Waals surface area contributed by atoms with Gasteiger partial charge in [0.05, 0.1) is 16.2 Å². The Hall–Kier alpha value is -1.64. The zero-order valence-electron chi connectivity index (χ0n) is 11.8. The molecule has 1 aromatic carbocycles. The number of benzene rings is 1. The van der Waals surface area contributed by atoms with E-state index >= 15 is 0 Å². The number of aromatic hydroxyl groups is 1. The molecule has 0 radical (unpaired) electrons. The summed E-state index contributed by atoms with van der Waals surface area (Å²) in [6.45, 7) is 3.07. The molecule has 0 unspecified atom stereocenters. The zero-order valence-corrected chi connectivity index (χ0v) is 12.7. The molecule has 0 spiro atoms. The minimum atomic E-state index is -3.41.